The quantitative estimate of drug-likeness (QED) is 0.843. The number of carboxylic acids is 1. The van der Waals surface area contributed by atoms with Gasteiger partial charge in [0, 0.05) is 10.5 Å². The molecule has 1 aliphatic rings. The lowest BCUT2D eigenvalue weighted by atomic mass is 9.90. The Labute approximate surface area is 109 Å². The summed E-state index contributed by atoms with van der Waals surface area (Å²) in [5.41, 5.74) is 0.824. The summed E-state index contributed by atoms with van der Waals surface area (Å²) >= 11 is 3.35. The first kappa shape index (κ1) is 12.3. The largest absolute Gasteiger partial charge is 0.481 e. The first-order valence-electron chi connectivity index (χ1n) is 5.57. The fraction of sp³-hybridized carbons (Fsp3) is 0.308. The summed E-state index contributed by atoms with van der Waals surface area (Å²) in [5.74, 6) is -1.32. The third kappa shape index (κ3) is 2.96. The van der Waals surface area contributed by atoms with E-state index in [9.17, 15) is 9.90 Å². The second-order valence-electron chi connectivity index (χ2n) is 4.06. The van der Waals surface area contributed by atoms with Gasteiger partial charge in [-0.05, 0) is 30.7 Å². The van der Waals surface area contributed by atoms with E-state index < -0.39 is 11.9 Å². The van der Waals surface area contributed by atoms with Gasteiger partial charge in [-0.3, -0.25) is 4.79 Å². The standard InChI is InChI=1S/C13H14BrNO2/c14-10-6-4-9(5-7-10)12(13(16)17)11-3-1-2-8-15-11/h1,3-7,11-12,15H,2,8H2,(H,16,17)/t11-,12?/m1/s1. The number of benzene rings is 1. The lowest BCUT2D eigenvalue weighted by Gasteiger charge is -2.25. The molecule has 0 spiro atoms. The first-order chi connectivity index (χ1) is 8.18. The van der Waals surface area contributed by atoms with Crippen LogP contribution in [-0.2, 0) is 4.79 Å². The van der Waals surface area contributed by atoms with E-state index in [0.717, 1.165) is 23.0 Å². The molecule has 17 heavy (non-hydrogen) atoms. The number of hydrogen-bond acceptors (Lipinski definition) is 2. The Hall–Kier alpha value is -1.13. The third-order valence-corrected chi connectivity index (χ3v) is 3.42. The smallest absolute Gasteiger partial charge is 0.312 e. The predicted octanol–water partition coefficient (Wildman–Crippen LogP) is 2.54. The summed E-state index contributed by atoms with van der Waals surface area (Å²) in [6.07, 6.45) is 4.95. The summed E-state index contributed by atoms with van der Waals surface area (Å²) < 4.78 is 0.956. The Morgan fingerprint density at radius 1 is 1.41 bits per heavy atom. The fourth-order valence-electron chi connectivity index (χ4n) is 2.05. The summed E-state index contributed by atoms with van der Waals surface area (Å²) in [4.78, 5) is 11.4. The van der Waals surface area contributed by atoms with Crippen LogP contribution in [0, 0.1) is 0 Å². The summed E-state index contributed by atoms with van der Waals surface area (Å²) in [6.45, 7) is 0.835. The van der Waals surface area contributed by atoms with Gasteiger partial charge in [0.1, 0.15) is 5.92 Å². The monoisotopic (exact) mass is 295 g/mol. The van der Waals surface area contributed by atoms with Crippen molar-refractivity contribution in [3.63, 3.8) is 0 Å². The number of rotatable bonds is 3. The van der Waals surface area contributed by atoms with Crippen LogP contribution in [0.1, 0.15) is 17.9 Å². The minimum atomic E-state index is -0.795. The number of carboxylic acid groups (broad SMARTS) is 1. The van der Waals surface area contributed by atoms with Crippen LogP contribution in [0.2, 0.25) is 0 Å². The molecule has 2 N–H and O–H groups in total. The van der Waals surface area contributed by atoms with Crippen molar-refractivity contribution < 1.29 is 9.90 Å². The van der Waals surface area contributed by atoms with Gasteiger partial charge in [-0.15, -0.1) is 0 Å². The molecule has 0 bridgehead atoms. The number of aliphatic carboxylic acids is 1. The van der Waals surface area contributed by atoms with Gasteiger partial charge in [0.05, 0.1) is 0 Å². The van der Waals surface area contributed by atoms with Crippen LogP contribution in [0.5, 0.6) is 0 Å². The Balaban J connectivity index is 2.28. The number of nitrogens with one attached hydrogen (secondary N) is 1. The van der Waals surface area contributed by atoms with E-state index in [1.807, 2.05) is 36.4 Å². The van der Waals surface area contributed by atoms with Crippen LogP contribution in [-0.4, -0.2) is 23.7 Å². The van der Waals surface area contributed by atoms with Crippen molar-refractivity contribution in [2.45, 2.75) is 18.4 Å². The van der Waals surface area contributed by atoms with E-state index in [4.69, 9.17) is 0 Å². The van der Waals surface area contributed by atoms with Crippen LogP contribution in [0.4, 0.5) is 0 Å². The van der Waals surface area contributed by atoms with E-state index >= 15 is 0 Å². The zero-order valence-corrected chi connectivity index (χ0v) is 10.9. The van der Waals surface area contributed by atoms with E-state index in [1.165, 1.54) is 0 Å². The molecule has 0 saturated heterocycles. The lowest BCUT2D eigenvalue weighted by Crippen LogP contribution is -2.39. The fourth-order valence-corrected chi connectivity index (χ4v) is 2.31. The van der Waals surface area contributed by atoms with Crippen molar-refractivity contribution in [3.8, 4) is 0 Å². The molecule has 1 aromatic carbocycles. The summed E-state index contributed by atoms with van der Waals surface area (Å²) in [7, 11) is 0. The van der Waals surface area contributed by atoms with Gasteiger partial charge in [-0.1, -0.05) is 40.2 Å². The zero-order valence-electron chi connectivity index (χ0n) is 9.27. The van der Waals surface area contributed by atoms with Gasteiger partial charge in [0.15, 0.2) is 0 Å². The predicted molar refractivity (Wildman–Crippen MR) is 70.1 cm³/mol. The molecule has 1 aliphatic heterocycles. The molecular weight excluding hydrogens is 282 g/mol. The van der Waals surface area contributed by atoms with Crippen LogP contribution >= 0.6 is 15.9 Å². The van der Waals surface area contributed by atoms with E-state index in [0.29, 0.717) is 0 Å². The zero-order chi connectivity index (χ0) is 12.3. The molecule has 0 amide bonds. The molecule has 1 aromatic rings. The molecule has 90 valence electrons. The second-order valence-corrected chi connectivity index (χ2v) is 4.98. The highest BCUT2D eigenvalue weighted by molar-refractivity contribution is 9.10. The Kier molecular flexibility index (Phi) is 3.97. The third-order valence-electron chi connectivity index (χ3n) is 2.89. The van der Waals surface area contributed by atoms with Gasteiger partial charge < -0.3 is 10.4 Å². The molecule has 2 rings (SSSR count). The minimum absolute atomic E-state index is 0.123. The van der Waals surface area contributed by atoms with Crippen LogP contribution in [0.15, 0.2) is 40.9 Å². The summed E-state index contributed by atoms with van der Waals surface area (Å²) in [5, 5.41) is 12.6. The highest BCUT2D eigenvalue weighted by atomic mass is 79.9. The first-order valence-corrected chi connectivity index (χ1v) is 6.36. The van der Waals surface area contributed by atoms with Gasteiger partial charge in [0.2, 0.25) is 0 Å². The molecule has 0 aromatic heterocycles. The SMILES string of the molecule is O=C(O)C(c1ccc(Br)cc1)[C@H]1C=CCCN1. The normalized spacial score (nSPS) is 21.1. The molecule has 0 saturated carbocycles. The minimum Gasteiger partial charge on any atom is -0.481 e. The van der Waals surface area contributed by atoms with Crippen molar-refractivity contribution in [2.24, 2.45) is 0 Å². The molecule has 0 aliphatic carbocycles. The number of hydrogen-bond donors (Lipinski definition) is 2. The molecule has 0 fully saturated rings. The van der Waals surface area contributed by atoms with Gasteiger partial charge in [-0.2, -0.15) is 0 Å². The van der Waals surface area contributed by atoms with Crippen LogP contribution in [0.3, 0.4) is 0 Å². The average molecular weight is 296 g/mol. The Morgan fingerprint density at radius 3 is 2.65 bits per heavy atom. The molecule has 2 atom stereocenters. The maximum atomic E-state index is 11.4. The van der Waals surface area contributed by atoms with Crippen molar-refractivity contribution in [1.29, 1.82) is 0 Å². The lowest BCUT2D eigenvalue weighted by molar-refractivity contribution is -0.139. The van der Waals surface area contributed by atoms with E-state index in [2.05, 4.69) is 21.2 Å². The maximum Gasteiger partial charge on any atom is 0.312 e. The Bertz CT molecular complexity index is 428. The van der Waals surface area contributed by atoms with Crippen molar-refractivity contribution in [1.82, 2.24) is 5.32 Å². The molecule has 1 unspecified atom stereocenters. The summed E-state index contributed by atoms with van der Waals surface area (Å²) in [6, 6.07) is 7.33. The van der Waals surface area contributed by atoms with Crippen molar-refractivity contribution in [3.05, 3.63) is 46.5 Å². The van der Waals surface area contributed by atoms with Crippen molar-refractivity contribution in [2.75, 3.05) is 6.54 Å². The van der Waals surface area contributed by atoms with Gasteiger partial charge in [-0.25, -0.2) is 0 Å². The van der Waals surface area contributed by atoms with E-state index in [1.54, 1.807) is 0 Å². The topological polar surface area (TPSA) is 49.3 Å². The highest BCUT2D eigenvalue weighted by Crippen LogP contribution is 2.24. The Morgan fingerprint density at radius 2 is 2.12 bits per heavy atom. The highest BCUT2D eigenvalue weighted by Gasteiger charge is 2.28. The molecule has 0 radical (unpaired) electrons. The average Bonchev–Trinajstić information content (AvgIpc) is 2.33. The number of halogens is 1. The van der Waals surface area contributed by atoms with Gasteiger partial charge >= 0.3 is 5.97 Å². The molecule has 4 heteroatoms. The van der Waals surface area contributed by atoms with Gasteiger partial charge in [0.25, 0.3) is 0 Å². The second kappa shape index (κ2) is 5.47. The molecule has 3 nitrogen and oxygen atoms in total. The molecular formula is C13H14BrNO2. The van der Waals surface area contributed by atoms with E-state index in [-0.39, 0.29) is 6.04 Å². The van der Waals surface area contributed by atoms with Crippen LogP contribution in [0.25, 0.3) is 0 Å². The van der Waals surface area contributed by atoms with Crippen LogP contribution < -0.4 is 5.32 Å². The van der Waals surface area contributed by atoms with Crippen molar-refractivity contribution >= 4 is 21.9 Å². The molecule has 1 heterocycles. The number of carbonyl (C=O) groups is 1. The maximum absolute atomic E-state index is 11.4.